The van der Waals surface area contributed by atoms with Gasteiger partial charge in [0.2, 0.25) is 5.91 Å². The summed E-state index contributed by atoms with van der Waals surface area (Å²) < 4.78 is 0. The second kappa shape index (κ2) is 6.75. The Morgan fingerprint density at radius 3 is 2.10 bits per heavy atom. The van der Waals surface area contributed by atoms with Gasteiger partial charge in [0.05, 0.1) is 12.6 Å². The molecule has 2 rings (SSSR count). The number of aliphatic carboxylic acids is 1. The normalized spacial score (nSPS) is 29.6. The van der Waals surface area contributed by atoms with Crippen molar-refractivity contribution in [2.45, 2.75) is 51.7 Å². The molecule has 0 radical (unpaired) electrons. The number of hydrogen-bond acceptors (Lipinski definition) is 4. The average molecular weight is 297 g/mol. The van der Waals surface area contributed by atoms with Crippen LogP contribution in [0.4, 0.5) is 0 Å². The third kappa shape index (κ3) is 3.74. The summed E-state index contributed by atoms with van der Waals surface area (Å²) in [5.41, 5.74) is 0. The minimum absolute atomic E-state index is 0.0672. The van der Waals surface area contributed by atoms with Crippen LogP contribution in [0, 0.1) is 0 Å². The fraction of sp³-hybridized carbons (Fsp3) is 0.867. The van der Waals surface area contributed by atoms with E-state index in [1.807, 2.05) is 16.7 Å². The van der Waals surface area contributed by atoms with Crippen LogP contribution in [-0.4, -0.2) is 82.5 Å². The third-order valence-corrected chi connectivity index (χ3v) is 4.87. The fourth-order valence-electron chi connectivity index (χ4n) is 3.69. The van der Waals surface area contributed by atoms with Crippen LogP contribution in [0.25, 0.3) is 0 Å². The summed E-state index contributed by atoms with van der Waals surface area (Å²) in [5.74, 6) is -0.617. The number of rotatable bonds is 4. The number of piperazine rings is 1. The van der Waals surface area contributed by atoms with E-state index in [1.54, 1.807) is 0 Å². The van der Waals surface area contributed by atoms with Crippen molar-refractivity contribution in [3.8, 4) is 0 Å². The SMILES string of the molecule is CC1CCC(C)N1C(C)C(=O)N1CCN(CC(=O)O)CC1. The number of amides is 1. The third-order valence-electron chi connectivity index (χ3n) is 4.87. The van der Waals surface area contributed by atoms with Crippen LogP contribution >= 0.6 is 0 Å². The van der Waals surface area contributed by atoms with E-state index in [0.717, 1.165) is 12.8 Å². The number of nitrogens with zero attached hydrogens (tertiary/aromatic N) is 3. The smallest absolute Gasteiger partial charge is 0.317 e. The maximum absolute atomic E-state index is 12.7. The molecule has 0 aromatic carbocycles. The zero-order valence-corrected chi connectivity index (χ0v) is 13.3. The van der Waals surface area contributed by atoms with E-state index >= 15 is 0 Å². The predicted octanol–water partition coefficient (Wildman–Crippen LogP) is 0.477. The molecular formula is C15H27N3O3. The van der Waals surface area contributed by atoms with E-state index in [4.69, 9.17) is 5.11 Å². The highest BCUT2D eigenvalue weighted by molar-refractivity contribution is 5.81. The first kappa shape index (κ1) is 16.2. The standard InChI is InChI=1S/C15H27N3O3/c1-11-4-5-12(2)18(11)13(3)15(21)17-8-6-16(7-9-17)10-14(19)20/h11-13H,4-10H2,1-3H3,(H,19,20). The quantitative estimate of drug-likeness (QED) is 0.817. The van der Waals surface area contributed by atoms with Gasteiger partial charge in [-0.1, -0.05) is 0 Å². The first-order valence-corrected chi connectivity index (χ1v) is 7.90. The first-order valence-electron chi connectivity index (χ1n) is 7.90. The van der Waals surface area contributed by atoms with Crippen LogP contribution in [0.2, 0.25) is 0 Å². The summed E-state index contributed by atoms with van der Waals surface area (Å²) in [4.78, 5) is 29.5. The molecule has 6 heteroatoms. The average Bonchev–Trinajstić information content (AvgIpc) is 2.77. The molecular weight excluding hydrogens is 270 g/mol. The Kier molecular flexibility index (Phi) is 5.22. The van der Waals surface area contributed by atoms with Crippen LogP contribution in [0.5, 0.6) is 0 Å². The molecule has 3 unspecified atom stereocenters. The van der Waals surface area contributed by atoms with Crippen LogP contribution in [0.1, 0.15) is 33.6 Å². The molecule has 1 amide bonds. The Balaban J connectivity index is 1.88. The second-order valence-corrected chi connectivity index (χ2v) is 6.39. The largest absolute Gasteiger partial charge is 0.480 e. The van der Waals surface area contributed by atoms with Gasteiger partial charge in [-0.25, -0.2) is 0 Å². The lowest BCUT2D eigenvalue weighted by Gasteiger charge is -2.39. The molecule has 0 saturated carbocycles. The predicted molar refractivity (Wildman–Crippen MR) is 80.1 cm³/mol. The van der Waals surface area contributed by atoms with E-state index in [1.165, 1.54) is 0 Å². The van der Waals surface area contributed by atoms with Crippen LogP contribution in [-0.2, 0) is 9.59 Å². The molecule has 6 nitrogen and oxygen atoms in total. The fourth-order valence-corrected chi connectivity index (χ4v) is 3.69. The highest BCUT2D eigenvalue weighted by Gasteiger charge is 2.36. The van der Waals surface area contributed by atoms with Gasteiger partial charge >= 0.3 is 5.97 Å². The lowest BCUT2D eigenvalue weighted by atomic mass is 10.1. The van der Waals surface area contributed by atoms with Crippen LogP contribution in [0.3, 0.4) is 0 Å². The number of carbonyl (C=O) groups is 2. The number of carboxylic acids is 1. The van der Waals surface area contributed by atoms with Gasteiger partial charge in [-0.05, 0) is 33.6 Å². The summed E-state index contributed by atoms with van der Waals surface area (Å²) in [6.07, 6.45) is 2.32. The van der Waals surface area contributed by atoms with Crippen molar-refractivity contribution in [1.29, 1.82) is 0 Å². The Hall–Kier alpha value is -1.14. The number of hydrogen-bond donors (Lipinski definition) is 1. The molecule has 0 aromatic rings. The molecule has 0 aromatic heterocycles. The minimum Gasteiger partial charge on any atom is -0.480 e. The van der Waals surface area contributed by atoms with Gasteiger partial charge in [0.1, 0.15) is 0 Å². The summed E-state index contributed by atoms with van der Waals surface area (Å²) in [7, 11) is 0. The Morgan fingerprint density at radius 2 is 1.62 bits per heavy atom. The van der Waals surface area contributed by atoms with Gasteiger partial charge in [0.15, 0.2) is 0 Å². The lowest BCUT2D eigenvalue weighted by molar-refractivity contribution is -0.141. The highest BCUT2D eigenvalue weighted by Crippen LogP contribution is 2.26. The minimum atomic E-state index is -0.803. The molecule has 2 saturated heterocycles. The molecule has 0 bridgehead atoms. The maximum Gasteiger partial charge on any atom is 0.317 e. The molecule has 21 heavy (non-hydrogen) atoms. The van der Waals surface area contributed by atoms with Gasteiger partial charge in [-0.2, -0.15) is 0 Å². The van der Waals surface area contributed by atoms with Gasteiger partial charge in [0, 0.05) is 38.3 Å². The van der Waals surface area contributed by atoms with Crippen molar-refractivity contribution in [2.24, 2.45) is 0 Å². The number of likely N-dealkylation sites (tertiary alicyclic amines) is 1. The summed E-state index contributed by atoms with van der Waals surface area (Å²) in [6, 6.07) is 0.850. The van der Waals surface area contributed by atoms with Crippen LogP contribution < -0.4 is 0 Å². The van der Waals surface area contributed by atoms with Crippen molar-refractivity contribution in [3.63, 3.8) is 0 Å². The van der Waals surface area contributed by atoms with E-state index in [9.17, 15) is 9.59 Å². The summed E-state index contributed by atoms with van der Waals surface area (Å²) in [5, 5.41) is 8.80. The van der Waals surface area contributed by atoms with Gasteiger partial charge in [-0.3, -0.25) is 19.4 Å². The summed E-state index contributed by atoms with van der Waals surface area (Å²) >= 11 is 0. The monoisotopic (exact) mass is 297 g/mol. The van der Waals surface area contributed by atoms with E-state index in [-0.39, 0.29) is 18.5 Å². The van der Waals surface area contributed by atoms with Gasteiger partial charge in [-0.15, -0.1) is 0 Å². The van der Waals surface area contributed by atoms with E-state index in [2.05, 4.69) is 18.7 Å². The number of carboxylic acid groups (broad SMARTS) is 1. The van der Waals surface area contributed by atoms with Gasteiger partial charge in [0.25, 0.3) is 0 Å². The Labute approximate surface area is 126 Å². The van der Waals surface area contributed by atoms with Crippen LogP contribution in [0.15, 0.2) is 0 Å². The Morgan fingerprint density at radius 1 is 1.10 bits per heavy atom. The summed E-state index contributed by atoms with van der Waals surface area (Å²) in [6.45, 7) is 9.02. The molecule has 0 spiro atoms. The Bertz CT molecular complexity index is 384. The second-order valence-electron chi connectivity index (χ2n) is 6.39. The number of carbonyl (C=O) groups excluding carboxylic acids is 1. The van der Waals surface area contributed by atoms with E-state index < -0.39 is 5.97 Å². The molecule has 0 aliphatic carbocycles. The van der Waals surface area contributed by atoms with Gasteiger partial charge < -0.3 is 10.0 Å². The topological polar surface area (TPSA) is 64.1 Å². The molecule has 2 heterocycles. The van der Waals surface area contributed by atoms with Crippen molar-refractivity contribution < 1.29 is 14.7 Å². The highest BCUT2D eigenvalue weighted by atomic mass is 16.4. The van der Waals surface area contributed by atoms with Crippen molar-refractivity contribution >= 4 is 11.9 Å². The van der Waals surface area contributed by atoms with Crippen molar-refractivity contribution in [3.05, 3.63) is 0 Å². The molecule has 3 atom stereocenters. The van der Waals surface area contributed by atoms with Crippen molar-refractivity contribution in [1.82, 2.24) is 14.7 Å². The molecule has 120 valence electrons. The molecule has 2 aliphatic rings. The first-order chi connectivity index (χ1) is 9.90. The maximum atomic E-state index is 12.7. The zero-order valence-electron chi connectivity index (χ0n) is 13.3. The molecule has 1 N–H and O–H groups in total. The zero-order chi connectivity index (χ0) is 15.6. The lowest BCUT2D eigenvalue weighted by Crippen LogP contribution is -2.56. The van der Waals surface area contributed by atoms with E-state index in [0.29, 0.717) is 38.3 Å². The molecule has 2 fully saturated rings. The molecule has 2 aliphatic heterocycles. The van der Waals surface area contributed by atoms with Crippen molar-refractivity contribution in [2.75, 3.05) is 32.7 Å².